The highest BCUT2D eigenvalue weighted by Gasteiger charge is 2.23. The molecule has 4 nitrogen and oxygen atoms in total. The number of rotatable bonds is 7. The van der Waals surface area contributed by atoms with E-state index < -0.39 is 0 Å². The normalized spacial score (nSPS) is 22.6. The molecule has 0 atom stereocenters. The number of hydrogen-bond acceptors (Lipinski definition) is 3. The van der Waals surface area contributed by atoms with Crippen molar-refractivity contribution < 1.29 is 4.79 Å². The van der Waals surface area contributed by atoms with Gasteiger partial charge in [-0.15, -0.1) is 0 Å². The van der Waals surface area contributed by atoms with Crippen molar-refractivity contribution in [2.24, 2.45) is 5.92 Å². The van der Waals surface area contributed by atoms with Crippen LogP contribution in [0.4, 0.5) is 0 Å². The molecule has 1 aliphatic carbocycles. The van der Waals surface area contributed by atoms with Crippen LogP contribution in [-0.2, 0) is 4.79 Å². The zero-order valence-electron chi connectivity index (χ0n) is 13.3. The maximum Gasteiger partial charge on any atom is 0.223 e. The number of amides is 1. The molecule has 4 heteroatoms. The molecule has 0 unspecified atom stereocenters. The molecule has 0 spiro atoms. The highest BCUT2D eigenvalue weighted by Crippen LogP contribution is 2.28. The van der Waals surface area contributed by atoms with Crippen LogP contribution in [0, 0.1) is 17.2 Å². The number of carbonyl (C=O) groups excluding carboxylic acids is 1. The Morgan fingerprint density at radius 2 is 1.85 bits per heavy atom. The van der Waals surface area contributed by atoms with Gasteiger partial charge in [0.25, 0.3) is 0 Å². The minimum absolute atomic E-state index is 0.148. The van der Waals surface area contributed by atoms with E-state index in [4.69, 9.17) is 5.26 Å². The van der Waals surface area contributed by atoms with Gasteiger partial charge in [0.05, 0.1) is 12.5 Å². The van der Waals surface area contributed by atoms with E-state index in [0.29, 0.717) is 25.4 Å². The van der Waals surface area contributed by atoms with Gasteiger partial charge in [-0.1, -0.05) is 13.3 Å². The van der Waals surface area contributed by atoms with E-state index >= 15 is 0 Å². The molecule has 0 N–H and O–H groups in total. The van der Waals surface area contributed by atoms with Crippen molar-refractivity contribution in [3.63, 3.8) is 0 Å². The zero-order valence-corrected chi connectivity index (χ0v) is 13.3. The molecule has 0 aromatic rings. The van der Waals surface area contributed by atoms with Crippen molar-refractivity contribution in [2.75, 3.05) is 27.2 Å². The number of nitriles is 1. The van der Waals surface area contributed by atoms with Gasteiger partial charge >= 0.3 is 0 Å². The SMILES string of the molecule is CCC1CCC(N(C)CCC(=O)N(C)CCC#N)CC1. The number of hydrogen-bond donors (Lipinski definition) is 0. The second kappa shape index (κ2) is 8.97. The lowest BCUT2D eigenvalue weighted by molar-refractivity contribution is -0.130. The Kier molecular flexibility index (Phi) is 7.61. The van der Waals surface area contributed by atoms with Crippen molar-refractivity contribution in [1.29, 1.82) is 5.26 Å². The maximum absolute atomic E-state index is 11.9. The molecule has 1 aliphatic rings. The third-order valence-corrected chi connectivity index (χ3v) is 4.68. The van der Waals surface area contributed by atoms with Crippen LogP contribution in [0.15, 0.2) is 0 Å². The Morgan fingerprint density at radius 3 is 2.40 bits per heavy atom. The van der Waals surface area contributed by atoms with E-state index in [1.807, 2.05) is 0 Å². The second-order valence-electron chi connectivity index (χ2n) is 6.04. The smallest absolute Gasteiger partial charge is 0.223 e. The average molecular weight is 279 g/mol. The van der Waals surface area contributed by atoms with Crippen LogP contribution in [0.2, 0.25) is 0 Å². The molecule has 1 amide bonds. The predicted octanol–water partition coefficient (Wildman–Crippen LogP) is 2.65. The molecular weight excluding hydrogens is 250 g/mol. The zero-order chi connectivity index (χ0) is 15.0. The van der Waals surface area contributed by atoms with E-state index in [-0.39, 0.29) is 5.91 Å². The topological polar surface area (TPSA) is 47.3 Å². The largest absolute Gasteiger partial charge is 0.345 e. The van der Waals surface area contributed by atoms with Crippen molar-refractivity contribution in [3.8, 4) is 6.07 Å². The van der Waals surface area contributed by atoms with Gasteiger partial charge in [0.2, 0.25) is 5.91 Å². The standard InChI is InChI=1S/C16H29N3O/c1-4-14-6-8-15(9-7-14)18(2)13-10-16(20)19(3)12-5-11-17/h14-15H,4-10,12-13H2,1-3H3. The maximum atomic E-state index is 11.9. The van der Waals surface area contributed by atoms with Crippen molar-refractivity contribution in [2.45, 2.75) is 57.9 Å². The summed E-state index contributed by atoms with van der Waals surface area (Å²) in [6.45, 7) is 3.66. The molecule has 20 heavy (non-hydrogen) atoms. The van der Waals surface area contributed by atoms with Crippen LogP contribution in [0.3, 0.4) is 0 Å². The minimum Gasteiger partial charge on any atom is -0.345 e. The van der Waals surface area contributed by atoms with Gasteiger partial charge in [-0.2, -0.15) is 5.26 Å². The molecule has 1 rings (SSSR count). The molecule has 0 radical (unpaired) electrons. The fourth-order valence-electron chi connectivity index (χ4n) is 2.98. The van der Waals surface area contributed by atoms with Crippen LogP contribution in [0.5, 0.6) is 0 Å². The highest BCUT2D eigenvalue weighted by molar-refractivity contribution is 5.76. The Labute approximate surface area is 123 Å². The molecule has 0 heterocycles. The van der Waals surface area contributed by atoms with Gasteiger partial charge in [-0.3, -0.25) is 4.79 Å². The first-order chi connectivity index (χ1) is 9.58. The fraction of sp³-hybridized carbons (Fsp3) is 0.875. The van der Waals surface area contributed by atoms with E-state index in [1.54, 1.807) is 11.9 Å². The summed E-state index contributed by atoms with van der Waals surface area (Å²) in [5, 5.41) is 8.53. The summed E-state index contributed by atoms with van der Waals surface area (Å²) in [5.41, 5.74) is 0. The Bertz CT molecular complexity index is 329. The van der Waals surface area contributed by atoms with E-state index in [0.717, 1.165) is 12.5 Å². The summed E-state index contributed by atoms with van der Waals surface area (Å²) in [4.78, 5) is 15.9. The van der Waals surface area contributed by atoms with E-state index in [1.165, 1.54) is 32.1 Å². The molecule has 0 aromatic heterocycles. The summed E-state index contributed by atoms with van der Waals surface area (Å²) < 4.78 is 0. The van der Waals surface area contributed by atoms with Gasteiger partial charge in [0.1, 0.15) is 0 Å². The molecular formula is C16H29N3O. The van der Waals surface area contributed by atoms with E-state index in [9.17, 15) is 4.79 Å². The molecule has 0 aromatic carbocycles. The molecule has 0 saturated heterocycles. The van der Waals surface area contributed by atoms with Crippen LogP contribution >= 0.6 is 0 Å². The lowest BCUT2D eigenvalue weighted by atomic mass is 9.84. The number of nitrogens with zero attached hydrogens (tertiary/aromatic N) is 3. The van der Waals surface area contributed by atoms with Crippen LogP contribution in [-0.4, -0.2) is 48.9 Å². The highest BCUT2D eigenvalue weighted by atomic mass is 16.2. The minimum atomic E-state index is 0.148. The van der Waals surface area contributed by atoms with Crippen LogP contribution < -0.4 is 0 Å². The van der Waals surface area contributed by atoms with Crippen molar-refractivity contribution >= 4 is 5.91 Å². The Balaban J connectivity index is 2.24. The summed E-state index contributed by atoms with van der Waals surface area (Å²) in [6, 6.07) is 2.72. The molecule has 1 fully saturated rings. The van der Waals surface area contributed by atoms with Crippen molar-refractivity contribution in [1.82, 2.24) is 9.80 Å². The quantitative estimate of drug-likeness (QED) is 0.720. The first kappa shape index (κ1) is 17.0. The summed E-state index contributed by atoms with van der Waals surface area (Å²) >= 11 is 0. The lowest BCUT2D eigenvalue weighted by Gasteiger charge is -2.34. The molecule has 0 bridgehead atoms. The monoisotopic (exact) mass is 279 g/mol. The van der Waals surface area contributed by atoms with Gasteiger partial charge in [-0.25, -0.2) is 0 Å². The molecule has 0 aliphatic heterocycles. The van der Waals surface area contributed by atoms with Gasteiger partial charge in [-0.05, 0) is 38.6 Å². The Morgan fingerprint density at radius 1 is 1.20 bits per heavy atom. The second-order valence-corrected chi connectivity index (χ2v) is 6.04. The first-order valence-corrected chi connectivity index (χ1v) is 7.89. The predicted molar refractivity (Wildman–Crippen MR) is 81.2 cm³/mol. The Hall–Kier alpha value is -1.08. The van der Waals surface area contributed by atoms with Gasteiger partial charge < -0.3 is 9.80 Å². The van der Waals surface area contributed by atoms with Gasteiger partial charge in [0.15, 0.2) is 0 Å². The third-order valence-electron chi connectivity index (χ3n) is 4.68. The summed E-state index contributed by atoms with van der Waals surface area (Å²) in [5.74, 6) is 1.06. The summed E-state index contributed by atoms with van der Waals surface area (Å²) in [6.07, 6.45) is 7.49. The van der Waals surface area contributed by atoms with Crippen LogP contribution in [0.25, 0.3) is 0 Å². The van der Waals surface area contributed by atoms with Gasteiger partial charge in [0, 0.05) is 32.6 Å². The molecule has 114 valence electrons. The first-order valence-electron chi connectivity index (χ1n) is 7.89. The fourth-order valence-corrected chi connectivity index (χ4v) is 2.98. The summed E-state index contributed by atoms with van der Waals surface area (Å²) in [7, 11) is 3.92. The van der Waals surface area contributed by atoms with Crippen molar-refractivity contribution in [3.05, 3.63) is 0 Å². The third kappa shape index (κ3) is 5.50. The number of carbonyl (C=O) groups is 1. The average Bonchev–Trinajstić information content (AvgIpc) is 2.49. The van der Waals surface area contributed by atoms with E-state index in [2.05, 4.69) is 24.9 Å². The van der Waals surface area contributed by atoms with Crippen LogP contribution in [0.1, 0.15) is 51.9 Å². The molecule has 1 saturated carbocycles. The lowest BCUT2D eigenvalue weighted by Crippen LogP contribution is -2.38.